The van der Waals surface area contributed by atoms with Crippen LogP contribution in [0.3, 0.4) is 0 Å². The molecular formula is C14H23ClN2O2S. The van der Waals surface area contributed by atoms with Gasteiger partial charge >= 0.3 is 6.09 Å². The van der Waals surface area contributed by atoms with E-state index in [9.17, 15) is 4.79 Å². The first-order chi connectivity index (χ1) is 9.66. The zero-order valence-corrected chi connectivity index (χ0v) is 13.9. The molecule has 1 aliphatic heterocycles. The van der Waals surface area contributed by atoms with Gasteiger partial charge in [0.1, 0.15) is 11.7 Å². The number of hydrogen-bond donors (Lipinski definition) is 0. The van der Waals surface area contributed by atoms with Crippen LogP contribution in [-0.2, 0) is 4.74 Å². The molecule has 0 N–H and O–H groups in total. The van der Waals surface area contributed by atoms with Crippen molar-refractivity contribution in [2.75, 3.05) is 38.2 Å². The molecule has 0 unspecified atom stereocenters. The van der Waals surface area contributed by atoms with Crippen molar-refractivity contribution in [1.82, 2.24) is 4.90 Å². The van der Waals surface area contributed by atoms with Crippen LogP contribution >= 0.6 is 22.9 Å². The van der Waals surface area contributed by atoms with Gasteiger partial charge in [0.2, 0.25) is 0 Å². The normalized spacial score (nSPS) is 16.2. The zero-order valence-electron chi connectivity index (χ0n) is 12.3. The van der Waals surface area contributed by atoms with E-state index in [0.29, 0.717) is 6.73 Å². The second-order valence-corrected chi connectivity index (χ2v) is 5.78. The maximum absolute atomic E-state index is 11.8. The molecule has 2 heterocycles. The third-order valence-corrected chi connectivity index (χ3v) is 4.30. The summed E-state index contributed by atoms with van der Waals surface area (Å²) in [6.45, 7) is 4.73. The number of nitrogens with zero attached hydrogens (tertiary/aromatic N) is 2. The fourth-order valence-electron chi connectivity index (χ4n) is 1.99. The second kappa shape index (κ2) is 9.21. The van der Waals surface area contributed by atoms with Crippen LogP contribution in [0.1, 0.15) is 19.8 Å². The first-order valence-electron chi connectivity index (χ1n) is 6.71. The van der Waals surface area contributed by atoms with Crippen LogP contribution in [0.5, 0.6) is 0 Å². The smallest absolute Gasteiger partial charge is 0.415 e. The second-order valence-electron chi connectivity index (χ2n) is 4.85. The lowest BCUT2D eigenvalue weighted by atomic mass is 10.00. The molecule has 0 spiro atoms. The highest BCUT2D eigenvalue weighted by Crippen LogP contribution is 2.20. The number of ether oxygens (including phenoxy) is 1. The number of anilines is 1. The molecule has 0 aromatic carbocycles. The number of likely N-dealkylation sites (tertiary alicyclic amines) is 1. The quantitative estimate of drug-likeness (QED) is 0.793. The molecule has 0 radical (unpaired) electrons. The molecule has 20 heavy (non-hydrogen) atoms. The first-order valence-corrected chi connectivity index (χ1v) is 8.34. The molecule has 0 bridgehead atoms. The summed E-state index contributed by atoms with van der Waals surface area (Å²) in [4.78, 5) is 15.6. The van der Waals surface area contributed by atoms with Gasteiger partial charge in [0.25, 0.3) is 0 Å². The average molecular weight is 319 g/mol. The number of carbonyl (C=O) groups excluding carboxylic acids is 1. The van der Waals surface area contributed by atoms with Crippen LogP contribution in [0.25, 0.3) is 0 Å². The number of hydrogen-bond acceptors (Lipinski definition) is 4. The number of amides is 1. The van der Waals surface area contributed by atoms with E-state index in [0.717, 1.165) is 24.0 Å². The van der Waals surface area contributed by atoms with Crippen LogP contribution in [0.2, 0.25) is 0 Å². The third-order valence-electron chi connectivity index (χ3n) is 3.36. The summed E-state index contributed by atoms with van der Waals surface area (Å²) in [6.07, 6.45) is 3.58. The van der Waals surface area contributed by atoms with Crippen molar-refractivity contribution >= 4 is 34.0 Å². The standard InChI is InChI=1S/C13H20N2O2S.CH3Cl/c1-11-5-7-15(8-6-11)10-17-13(16)14(2)12-4-3-9-18-12;1-2/h3-4,9,11H,5-8,10H2,1-2H3;1H3. The summed E-state index contributed by atoms with van der Waals surface area (Å²) in [5, 5.41) is 2.86. The lowest BCUT2D eigenvalue weighted by molar-refractivity contribution is 0.0539. The van der Waals surface area contributed by atoms with E-state index in [1.807, 2.05) is 17.5 Å². The van der Waals surface area contributed by atoms with E-state index in [2.05, 4.69) is 23.4 Å². The van der Waals surface area contributed by atoms with Crippen molar-refractivity contribution in [3.8, 4) is 0 Å². The highest BCUT2D eigenvalue weighted by atomic mass is 35.5. The molecular weight excluding hydrogens is 296 g/mol. The van der Waals surface area contributed by atoms with Gasteiger partial charge in [-0.15, -0.1) is 22.9 Å². The largest absolute Gasteiger partial charge is 0.433 e. The lowest BCUT2D eigenvalue weighted by Gasteiger charge is -2.29. The average Bonchev–Trinajstić information content (AvgIpc) is 3.02. The maximum atomic E-state index is 11.8. The van der Waals surface area contributed by atoms with Crippen molar-refractivity contribution in [3.63, 3.8) is 0 Å². The monoisotopic (exact) mass is 318 g/mol. The van der Waals surface area contributed by atoms with Crippen LogP contribution < -0.4 is 4.90 Å². The highest BCUT2D eigenvalue weighted by molar-refractivity contribution is 7.14. The van der Waals surface area contributed by atoms with Crippen LogP contribution in [0.4, 0.5) is 9.80 Å². The molecule has 0 atom stereocenters. The molecule has 1 saturated heterocycles. The Balaban J connectivity index is 0.000000956. The summed E-state index contributed by atoms with van der Waals surface area (Å²) < 4.78 is 5.32. The number of rotatable bonds is 3. The van der Waals surface area contributed by atoms with Crippen molar-refractivity contribution in [2.45, 2.75) is 19.8 Å². The summed E-state index contributed by atoms with van der Waals surface area (Å²) >= 11 is 6.17. The van der Waals surface area contributed by atoms with Crippen LogP contribution in [0.15, 0.2) is 17.5 Å². The Morgan fingerprint density at radius 3 is 2.70 bits per heavy atom. The fourth-order valence-corrected chi connectivity index (χ4v) is 2.67. The lowest BCUT2D eigenvalue weighted by Crippen LogP contribution is -2.37. The predicted molar refractivity (Wildman–Crippen MR) is 85.8 cm³/mol. The molecule has 1 fully saturated rings. The minimum absolute atomic E-state index is 0.281. The zero-order chi connectivity index (χ0) is 15.0. The molecule has 4 nitrogen and oxygen atoms in total. The molecule has 1 amide bonds. The van der Waals surface area contributed by atoms with Crippen molar-refractivity contribution in [1.29, 1.82) is 0 Å². The third kappa shape index (κ3) is 5.31. The van der Waals surface area contributed by atoms with E-state index < -0.39 is 0 Å². The van der Waals surface area contributed by atoms with Crippen LogP contribution in [-0.4, -0.2) is 44.2 Å². The number of carbonyl (C=O) groups is 1. The SMILES string of the molecule is CC1CCN(COC(=O)N(C)c2cccs2)CC1.CCl. The Labute approximate surface area is 130 Å². The Kier molecular flexibility index (Phi) is 7.95. The van der Waals surface area contributed by atoms with Gasteiger partial charge in [0, 0.05) is 26.5 Å². The molecule has 0 aliphatic carbocycles. The molecule has 1 aromatic rings. The molecule has 6 heteroatoms. The van der Waals surface area contributed by atoms with E-state index in [4.69, 9.17) is 4.74 Å². The van der Waals surface area contributed by atoms with Crippen molar-refractivity contribution < 1.29 is 9.53 Å². The van der Waals surface area contributed by atoms with Crippen LogP contribution in [0, 0.1) is 5.92 Å². The number of thiophene rings is 1. The topological polar surface area (TPSA) is 32.8 Å². The molecule has 1 aliphatic rings. The van der Waals surface area contributed by atoms with E-state index in [1.165, 1.54) is 30.6 Å². The minimum atomic E-state index is -0.281. The molecule has 2 rings (SSSR count). The number of piperidine rings is 1. The van der Waals surface area contributed by atoms with E-state index in [-0.39, 0.29) is 6.09 Å². The van der Waals surface area contributed by atoms with Gasteiger partial charge in [-0.1, -0.05) is 6.92 Å². The summed E-state index contributed by atoms with van der Waals surface area (Å²) in [5.41, 5.74) is 0. The van der Waals surface area contributed by atoms with Gasteiger partial charge in [-0.3, -0.25) is 9.80 Å². The summed E-state index contributed by atoms with van der Waals surface area (Å²) in [7, 11) is 1.74. The highest BCUT2D eigenvalue weighted by Gasteiger charge is 2.18. The molecule has 1 aromatic heterocycles. The van der Waals surface area contributed by atoms with Gasteiger partial charge in [-0.2, -0.15) is 0 Å². The fraction of sp³-hybridized carbons (Fsp3) is 0.643. The predicted octanol–water partition coefficient (Wildman–Crippen LogP) is 3.87. The summed E-state index contributed by atoms with van der Waals surface area (Å²) in [6, 6.07) is 3.84. The Hall–Kier alpha value is -0.780. The Morgan fingerprint density at radius 1 is 1.50 bits per heavy atom. The minimum Gasteiger partial charge on any atom is -0.433 e. The molecule has 114 valence electrons. The Bertz CT molecular complexity index is 379. The van der Waals surface area contributed by atoms with E-state index >= 15 is 0 Å². The van der Waals surface area contributed by atoms with Gasteiger partial charge in [-0.05, 0) is 36.3 Å². The van der Waals surface area contributed by atoms with Crippen molar-refractivity contribution in [3.05, 3.63) is 17.5 Å². The number of alkyl halides is 1. The number of halogens is 1. The van der Waals surface area contributed by atoms with Crippen molar-refractivity contribution in [2.24, 2.45) is 5.92 Å². The summed E-state index contributed by atoms with van der Waals surface area (Å²) in [5.74, 6) is 0.797. The van der Waals surface area contributed by atoms with Gasteiger partial charge in [-0.25, -0.2) is 4.79 Å². The van der Waals surface area contributed by atoms with Gasteiger partial charge in [0.15, 0.2) is 0 Å². The maximum Gasteiger partial charge on any atom is 0.415 e. The van der Waals surface area contributed by atoms with Gasteiger partial charge < -0.3 is 4.74 Å². The van der Waals surface area contributed by atoms with Gasteiger partial charge in [0.05, 0.1) is 0 Å². The van der Waals surface area contributed by atoms with E-state index in [1.54, 1.807) is 11.9 Å². The molecule has 0 saturated carbocycles. The Morgan fingerprint density at radius 2 is 2.15 bits per heavy atom. The first kappa shape index (κ1) is 17.3.